The summed E-state index contributed by atoms with van der Waals surface area (Å²) in [5.74, 6) is 1.03. The normalized spacial score (nSPS) is 10.9. The van der Waals surface area contributed by atoms with Crippen molar-refractivity contribution in [2.24, 2.45) is 0 Å². The second-order valence-corrected chi connectivity index (χ2v) is 4.27. The summed E-state index contributed by atoms with van der Waals surface area (Å²) in [6.07, 6.45) is 0. The van der Waals surface area contributed by atoms with Crippen LogP contribution < -0.4 is 0 Å². The molecule has 0 spiro atoms. The van der Waals surface area contributed by atoms with Crippen molar-refractivity contribution < 1.29 is 0 Å². The fourth-order valence-electron chi connectivity index (χ4n) is 1.50. The van der Waals surface area contributed by atoms with Crippen molar-refractivity contribution in [2.75, 3.05) is 0 Å². The molecule has 13 heavy (non-hydrogen) atoms. The summed E-state index contributed by atoms with van der Waals surface area (Å²) in [4.78, 5) is 0. The van der Waals surface area contributed by atoms with E-state index >= 15 is 0 Å². The Morgan fingerprint density at radius 3 is 2.38 bits per heavy atom. The topological polar surface area (TPSA) is 0 Å². The van der Waals surface area contributed by atoms with Gasteiger partial charge in [-0.3, -0.25) is 0 Å². The van der Waals surface area contributed by atoms with Crippen molar-refractivity contribution in [3.63, 3.8) is 0 Å². The average molecular weight is 217 g/mol. The molecule has 0 radical (unpaired) electrons. The van der Waals surface area contributed by atoms with Crippen molar-refractivity contribution in [3.05, 3.63) is 33.8 Å². The van der Waals surface area contributed by atoms with Crippen LogP contribution in [-0.2, 0) is 5.88 Å². The zero-order valence-corrected chi connectivity index (χ0v) is 9.71. The minimum Gasteiger partial charge on any atom is -0.122 e. The molecule has 0 N–H and O–H groups in total. The first-order chi connectivity index (χ1) is 6.06. The van der Waals surface area contributed by atoms with E-state index in [1.807, 2.05) is 12.1 Å². The van der Waals surface area contributed by atoms with E-state index in [9.17, 15) is 0 Å². The summed E-state index contributed by atoms with van der Waals surface area (Å²) in [5.41, 5.74) is 3.70. The first-order valence-electron chi connectivity index (χ1n) is 4.41. The molecule has 0 nitrogen and oxygen atoms in total. The fraction of sp³-hybridized carbons (Fsp3) is 0.455. The SMILES string of the molecule is Cc1c(CCl)cc(Cl)cc1C(C)C. The molecule has 0 atom stereocenters. The number of rotatable bonds is 2. The van der Waals surface area contributed by atoms with Gasteiger partial charge in [0.2, 0.25) is 0 Å². The van der Waals surface area contributed by atoms with Crippen LogP contribution in [0.5, 0.6) is 0 Å². The van der Waals surface area contributed by atoms with Crippen molar-refractivity contribution in [2.45, 2.75) is 32.6 Å². The third-order valence-corrected chi connectivity index (χ3v) is 2.79. The molecule has 0 amide bonds. The van der Waals surface area contributed by atoms with Gasteiger partial charge in [-0.15, -0.1) is 11.6 Å². The Morgan fingerprint density at radius 1 is 1.31 bits per heavy atom. The summed E-state index contributed by atoms with van der Waals surface area (Å²) in [5, 5.41) is 0.782. The Hall–Kier alpha value is -0.200. The molecule has 1 aromatic carbocycles. The number of halogens is 2. The highest BCUT2D eigenvalue weighted by Gasteiger charge is 2.08. The minimum atomic E-state index is 0.501. The molecule has 0 saturated heterocycles. The number of alkyl halides is 1. The average Bonchev–Trinajstić information content (AvgIpc) is 2.08. The Kier molecular flexibility index (Phi) is 3.63. The Bertz CT molecular complexity index is 303. The van der Waals surface area contributed by atoms with Crippen LogP contribution in [0.15, 0.2) is 12.1 Å². The third-order valence-electron chi connectivity index (χ3n) is 2.29. The molecule has 0 aliphatic rings. The fourth-order valence-corrected chi connectivity index (χ4v) is 2.02. The van der Waals surface area contributed by atoms with Crippen molar-refractivity contribution in [1.82, 2.24) is 0 Å². The van der Waals surface area contributed by atoms with Crippen LogP contribution in [0, 0.1) is 6.92 Å². The van der Waals surface area contributed by atoms with Crippen LogP contribution in [0.4, 0.5) is 0 Å². The summed E-state index contributed by atoms with van der Waals surface area (Å²) in [6, 6.07) is 3.97. The van der Waals surface area contributed by atoms with Crippen LogP contribution in [0.25, 0.3) is 0 Å². The molecule has 0 fully saturated rings. The second kappa shape index (κ2) is 4.34. The van der Waals surface area contributed by atoms with Crippen LogP contribution in [0.1, 0.15) is 36.5 Å². The second-order valence-electron chi connectivity index (χ2n) is 3.57. The number of benzene rings is 1. The van der Waals surface area contributed by atoms with Gasteiger partial charge in [-0.25, -0.2) is 0 Å². The summed E-state index contributed by atoms with van der Waals surface area (Å²) in [6.45, 7) is 6.43. The lowest BCUT2D eigenvalue weighted by atomic mass is 9.95. The molecule has 1 aromatic rings. The highest BCUT2D eigenvalue weighted by molar-refractivity contribution is 6.30. The van der Waals surface area contributed by atoms with Gasteiger partial charge in [0, 0.05) is 10.9 Å². The van der Waals surface area contributed by atoms with Crippen molar-refractivity contribution >= 4 is 23.2 Å². The van der Waals surface area contributed by atoms with Crippen LogP contribution >= 0.6 is 23.2 Å². The summed E-state index contributed by atoms with van der Waals surface area (Å²) < 4.78 is 0. The van der Waals surface area contributed by atoms with Crippen molar-refractivity contribution in [3.8, 4) is 0 Å². The van der Waals surface area contributed by atoms with Gasteiger partial charge in [0.05, 0.1) is 0 Å². The lowest BCUT2D eigenvalue weighted by Crippen LogP contribution is -1.96. The van der Waals surface area contributed by atoms with Gasteiger partial charge >= 0.3 is 0 Å². The minimum absolute atomic E-state index is 0.501. The van der Waals surface area contributed by atoms with Gasteiger partial charge in [-0.1, -0.05) is 25.4 Å². The smallest absolute Gasteiger partial charge is 0.0477 e. The molecule has 2 heteroatoms. The van der Waals surface area contributed by atoms with Gasteiger partial charge in [-0.2, -0.15) is 0 Å². The van der Waals surface area contributed by atoms with E-state index in [0.29, 0.717) is 11.8 Å². The van der Waals surface area contributed by atoms with E-state index in [1.165, 1.54) is 11.1 Å². The molecular formula is C11H14Cl2. The monoisotopic (exact) mass is 216 g/mol. The number of hydrogen-bond acceptors (Lipinski definition) is 0. The third kappa shape index (κ3) is 2.38. The van der Waals surface area contributed by atoms with Crippen LogP contribution in [0.2, 0.25) is 5.02 Å². The lowest BCUT2D eigenvalue weighted by Gasteiger charge is -2.13. The van der Waals surface area contributed by atoms with Crippen LogP contribution in [0.3, 0.4) is 0 Å². The van der Waals surface area contributed by atoms with E-state index in [4.69, 9.17) is 23.2 Å². The quantitative estimate of drug-likeness (QED) is 0.639. The maximum absolute atomic E-state index is 5.99. The molecule has 0 aliphatic heterocycles. The standard InChI is InChI=1S/C11H14Cl2/c1-7(2)11-5-10(13)4-9(6-12)8(11)3/h4-5,7H,6H2,1-3H3. The van der Waals surface area contributed by atoms with Gasteiger partial charge in [0.25, 0.3) is 0 Å². The molecule has 1 rings (SSSR count). The largest absolute Gasteiger partial charge is 0.122 e. The van der Waals surface area contributed by atoms with E-state index in [2.05, 4.69) is 20.8 Å². The van der Waals surface area contributed by atoms with Crippen molar-refractivity contribution in [1.29, 1.82) is 0 Å². The van der Waals surface area contributed by atoms with Crippen LogP contribution in [-0.4, -0.2) is 0 Å². The Balaban J connectivity index is 3.27. The van der Waals surface area contributed by atoms with Gasteiger partial charge in [0.1, 0.15) is 0 Å². The van der Waals surface area contributed by atoms with Gasteiger partial charge in [-0.05, 0) is 41.7 Å². The molecule has 0 heterocycles. The highest BCUT2D eigenvalue weighted by Crippen LogP contribution is 2.27. The van der Waals surface area contributed by atoms with E-state index in [-0.39, 0.29) is 0 Å². The molecular weight excluding hydrogens is 203 g/mol. The van der Waals surface area contributed by atoms with E-state index < -0.39 is 0 Å². The highest BCUT2D eigenvalue weighted by atomic mass is 35.5. The maximum Gasteiger partial charge on any atom is 0.0477 e. The molecule has 0 aliphatic carbocycles. The molecule has 0 aromatic heterocycles. The Morgan fingerprint density at radius 2 is 1.92 bits per heavy atom. The summed E-state index contributed by atoms with van der Waals surface area (Å²) in [7, 11) is 0. The zero-order chi connectivity index (χ0) is 10.0. The molecule has 0 unspecified atom stereocenters. The predicted molar refractivity (Wildman–Crippen MR) is 59.8 cm³/mol. The van der Waals surface area contributed by atoms with E-state index in [1.54, 1.807) is 0 Å². The molecule has 0 saturated carbocycles. The lowest BCUT2D eigenvalue weighted by molar-refractivity contribution is 0.853. The zero-order valence-electron chi connectivity index (χ0n) is 8.20. The first kappa shape index (κ1) is 10.9. The maximum atomic E-state index is 5.99. The molecule has 72 valence electrons. The van der Waals surface area contributed by atoms with E-state index in [0.717, 1.165) is 10.6 Å². The predicted octanol–water partition coefficient (Wildman–Crippen LogP) is 4.51. The summed E-state index contributed by atoms with van der Waals surface area (Å²) >= 11 is 11.8. The molecule has 0 bridgehead atoms. The number of hydrogen-bond donors (Lipinski definition) is 0. The Labute approximate surface area is 89.9 Å². The van der Waals surface area contributed by atoms with Gasteiger partial charge in [0.15, 0.2) is 0 Å². The first-order valence-corrected chi connectivity index (χ1v) is 5.32. The van der Waals surface area contributed by atoms with Gasteiger partial charge < -0.3 is 0 Å².